The van der Waals surface area contributed by atoms with Crippen molar-refractivity contribution < 1.29 is 38.7 Å². The van der Waals surface area contributed by atoms with E-state index in [0.29, 0.717) is 0 Å². The zero-order chi connectivity index (χ0) is 17.4. The highest BCUT2D eigenvalue weighted by molar-refractivity contribution is 6.00. The van der Waals surface area contributed by atoms with E-state index in [4.69, 9.17) is 18.9 Å². The van der Waals surface area contributed by atoms with Gasteiger partial charge in [-0.25, -0.2) is 9.59 Å². The Labute approximate surface area is 132 Å². The summed E-state index contributed by atoms with van der Waals surface area (Å²) in [5, 5.41) is 19.8. The summed E-state index contributed by atoms with van der Waals surface area (Å²) >= 11 is 0. The van der Waals surface area contributed by atoms with Gasteiger partial charge >= 0.3 is 11.9 Å². The molecular formula is C15H18O8. The van der Waals surface area contributed by atoms with E-state index >= 15 is 0 Å². The van der Waals surface area contributed by atoms with Crippen LogP contribution in [-0.2, 0) is 9.53 Å². The molecule has 8 nitrogen and oxygen atoms in total. The number of esters is 1. The van der Waals surface area contributed by atoms with Crippen LogP contribution in [0.3, 0.4) is 0 Å². The van der Waals surface area contributed by atoms with Gasteiger partial charge in [0.2, 0.25) is 11.4 Å². The fraction of sp³-hybridized carbons (Fsp3) is 0.467. The van der Waals surface area contributed by atoms with Crippen molar-refractivity contribution in [3.63, 3.8) is 0 Å². The number of hydrogen-bond acceptors (Lipinski definition) is 7. The van der Waals surface area contributed by atoms with Crippen LogP contribution in [0.5, 0.6) is 17.2 Å². The summed E-state index contributed by atoms with van der Waals surface area (Å²) in [4.78, 5) is 23.7. The quantitative estimate of drug-likeness (QED) is 0.749. The molecule has 0 amide bonds. The molecular weight excluding hydrogens is 308 g/mol. The molecule has 1 aliphatic rings. The van der Waals surface area contributed by atoms with Gasteiger partial charge in [0, 0.05) is 5.56 Å². The summed E-state index contributed by atoms with van der Waals surface area (Å²) in [5.74, 6) is -1.80. The minimum Gasteiger partial charge on any atom is -0.493 e. The number of ether oxygens (including phenoxy) is 4. The predicted octanol–water partition coefficient (Wildman–Crippen LogP) is 1.15. The fourth-order valence-corrected chi connectivity index (χ4v) is 2.63. The Morgan fingerprint density at radius 1 is 1.26 bits per heavy atom. The lowest BCUT2D eigenvalue weighted by Gasteiger charge is -2.28. The van der Waals surface area contributed by atoms with E-state index in [2.05, 4.69) is 0 Å². The molecule has 2 atom stereocenters. The third-order valence-corrected chi connectivity index (χ3v) is 3.92. The van der Waals surface area contributed by atoms with Gasteiger partial charge < -0.3 is 29.2 Å². The van der Waals surface area contributed by atoms with E-state index in [1.807, 2.05) is 0 Å². The van der Waals surface area contributed by atoms with Crippen LogP contribution < -0.4 is 14.2 Å². The topological polar surface area (TPSA) is 112 Å². The number of carbonyl (C=O) groups is 2. The van der Waals surface area contributed by atoms with Crippen molar-refractivity contribution in [3.8, 4) is 17.2 Å². The third-order valence-electron chi connectivity index (χ3n) is 3.92. The molecule has 0 fully saturated rings. The summed E-state index contributed by atoms with van der Waals surface area (Å²) < 4.78 is 20.7. The van der Waals surface area contributed by atoms with E-state index < -0.39 is 23.6 Å². The van der Waals surface area contributed by atoms with Crippen LogP contribution in [-0.4, -0.2) is 49.1 Å². The van der Waals surface area contributed by atoms with Crippen LogP contribution in [0.1, 0.15) is 35.4 Å². The zero-order valence-electron chi connectivity index (χ0n) is 13.2. The number of carbonyl (C=O) groups excluding carboxylic acids is 1. The molecule has 1 aliphatic heterocycles. The van der Waals surface area contributed by atoms with Gasteiger partial charge in [-0.3, -0.25) is 0 Å². The molecule has 1 heterocycles. The molecule has 0 bridgehead atoms. The van der Waals surface area contributed by atoms with Gasteiger partial charge in [-0.05, 0) is 12.5 Å². The first-order valence-corrected chi connectivity index (χ1v) is 6.85. The SMILES string of the molecule is CC[C@@](O)(C(=O)O)[C@@H]1OC(=O)c2c1cc(OC)c(OC)c2OC. The minimum absolute atomic E-state index is 0.0169. The molecule has 8 heteroatoms. The van der Waals surface area contributed by atoms with Crippen LogP contribution in [0, 0.1) is 0 Å². The summed E-state index contributed by atoms with van der Waals surface area (Å²) in [7, 11) is 4.10. The second-order valence-corrected chi connectivity index (χ2v) is 4.98. The second-order valence-electron chi connectivity index (χ2n) is 4.98. The van der Waals surface area contributed by atoms with E-state index in [1.54, 1.807) is 0 Å². The number of aliphatic carboxylic acids is 1. The standard InChI is InChI=1S/C15H18O8/c1-5-15(19,14(17)18)12-7-6-8(20-2)10(21-3)11(22-4)9(7)13(16)23-12/h6,12,19H,5H2,1-4H3,(H,17,18)/t12-,15+/m1/s1. The first kappa shape index (κ1) is 16.9. The molecule has 2 rings (SSSR count). The number of fused-ring (bicyclic) bond motifs is 1. The van der Waals surface area contributed by atoms with Crippen LogP contribution in [0.25, 0.3) is 0 Å². The normalized spacial score (nSPS) is 18.7. The van der Waals surface area contributed by atoms with E-state index in [-0.39, 0.29) is 34.8 Å². The van der Waals surface area contributed by atoms with Crippen LogP contribution >= 0.6 is 0 Å². The lowest BCUT2D eigenvalue weighted by molar-refractivity contribution is -0.172. The van der Waals surface area contributed by atoms with Crippen molar-refractivity contribution in [1.29, 1.82) is 0 Å². The molecule has 1 aromatic rings. The average molecular weight is 326 g/mol. The van der Waals surface area contributed by atoms with Gasteiger partial charge in [-0.1, -0.05) is 6.92 Å². The first-order valence-electron chi connectivity index (χ1n) is 6.85. The monoisotopic (exact) mass is 326 g/mol. The predicted molar refractivity (Wildman–Crippen MR) is 77.1 cm³/mol. The average Bonchev–Trinajstić information content (AvgIpc) is 2.88. The van der Waals surface area contributed by atoms with Gasteiger partial charge in [0.25, 0.3) is 0 Å². The number of carboxylic acids is 1. The molecule has 126 valence electrons. The second kappa shape index (κ2) is 5.96. The molecule has 0 saturated heterocycles. The smallest absolute Gasteiger partial charge is 0.343 e. The summed E-state index contributed by atoms with van der Waals surface area (Å²) in [6.45, 7) is 1.48. The molecule has 0 aliphatic carbocycles. The Bertz CT molecular complexity index is 653. The van der Waals surface area contributed by atoms with Gasteiger partial charge in [-0.15, -0.1) is 0 Å². The van der Waals surface area contributed by atoms with Crippen LogP contribution in [0.2, 0.25) is 0 Å². The summed E-state index contributed by atoms with van der Waals surface area (Å²) in [6, 6.07) is 1.41. The fourth-order valence-electron chi connectivity index (χ4n) is 2.63. The van der Waals surface area contributed by atoms with Crippen molar-refractivity contribution in [2.45, 2.75) is 25.0 Å². The van der Waals surface area contributed by atoms with Gasteiger partial charge in [0.1, 0.15) is 5.56 Å². The Morgan fingerprint density at radius 2 is 1.87 bits per heavy atom. The largest absolute Gasteiger partial charge is 0.493 e. The van der Waals surface area contributed by atoms with Crippen LogP contribution in [0.4, 0.5) is 0 Å². The zero-order valence-corrected chi connectivity index (χ0v) is 13.2. The maximum absolute atomic E-state index is 12.2. The number of carboxylic acid groups (broad SMARTS) is 1. The third kappa shape index (κ3) is 2.35. The maximum Gasteiger partial charge on any atom is 0.343 e. The molecule has 0 aromatic heterocycles. The number of benzene rings is 1. The number of aliphatic hydroxyl groups is 1. The highest BCUT2D eigenvalue weighted by Gasteiger charge is 2.52. The van der Waals surface area contributed by atoms with Gasteiger partial charge in [0.15, 0.2) is 17.6 Å². The van der Waals surface area contributed by atoms with E-state index in [1.165, 1.54) is 34.3 Å². The van der Waals surface area contributed by atoms with Crippen molar-refractivity contribution in [2.24, 2.45) is 0 Å². The lowest BCUT2D eigenvalue weighted by Crippen LogP contribution is -2.44. The van der Waals surface area contributed by atoms with Crippen molar-refractivity contribution in [3.05, 3.63) is 17.2 Å². The molecule has 0 unspecified atom stereocenters. The van der Waals surface area contributed by atoms with Crippen molar-refractivity contribution >= 4 is 11.9 Å². The highest BCUT2D eigenvalue weighted by Crippen LogP contribution is 2.50. The summed E-state index contributed by atoms with van der Waals surface area (Å²) in [5.41, 5.74) is -2.06. The Morgan fingerprint density at radius 3 is 2.30 bits per heavy atom. The minimum atomic E-state index is -2.26. The molecule has 0 radical (unpaired) electrons. The maximum atomic E-state index is 12.2. The van der Waals surface area contributed by atoms with Crippen molar-refractivity contribution in [1.82, 2.24) is 0 Å². The molecule has 0 spiro atoms. The number of rotatable bonds is 6. The van der Waals surface area contributed by atoms with Gasteiger partial charge in [-0.2, -0.15) is 0 Å². The Kier molecular flexibility index (Phi) is 4.37. The Hall–Kier alpha value is -2.48. The first-order chi connectivity index (χ1) is 10.8. The van der Waals surface area contributed by atoms with Crippen LogP contribution in [0.15, 0.2) is 6.07 Å². The number of hydrogen-bond donors (Lipinski definition) is 2. The Balaban J connectivity index is 2.74. The number of methoxy groups -OCH3 is 3. The molecule has 1 aromatic carbocycles. The molecule has 2 N–H and O–H groups in total. The lowest BCUT2D eigenvalue weighted by atomic mass is 9.87. The highest BCUT2D eigenvalue weighted by atomic mass is 16.6. The molecule has 0 saturated carbocycles. The summed E-state index contributed by atoms with van der Waals surface area (Å²) in [6.07, 6.45) is -1.53. The van der Waals surface area contributed by atoms with E-state index in [9.17, 15) is 19.8 Å². The van der Waals surface area contributed by atoms with E-state index in [0.717, 1.165) is 0 Å². The van der Waals surface area contributed by atoms with Crippen molar-refractivity contribution in [2.75, 3.05) is 21.3 Å². The molecule has 23 heavy (non-hydrogen) atoms. The number of cyclic esters (lactones) is 1. The van der Waals surface area contributed by atoms with Gasteiger partial charge in [0.05, 0.1) is 21.3 Å².